The highest BCUT2D eigenvalue weighted by molar-refractivity contribution is 6.31. The van der Waals surface area contributed by atoms with Gasteiger partial charge in [-0.25, -0.2) is 4.68 Å². The van der Waals surface area contributed by atoms with Crippen LogP contribution in [0.25, 0.3) is 11.0 Å². The van der Waals surface area contributed by atoms with E-state index >= 15 is 0 Å². The molecule has 2 amide bonds. The van der Waals surface area contributed by atoms with Gasteiger partial charge in [0, 0.05) is 29.5 Å². The van der Waals surface area contributed by atoms with Gasteiger partial charge in [0.2, 0.25) is 11.8 Å². The third-order valence-corrected chi connectivity index (χ3v) is 6.62. The van der Waals surface area contributed by atoms with Crippen LogP contribution in [0.4, 0.5) is 0 Å². The summed E-state index contributed by atoms with van der Waals surface area (Å²) >= 11 is 6.48. The van der Waals surface area contributed by atoms with Gasteiger partial charge >= 0.3 is 0 Å². The number of pyridine rings is 1. The largest absolute Gasteiger partial charge is 0.349 e. The highest BCUT2D eigenvalue weighted by Crippen LogP contribution is 2.27. The predicted molar refractivity (Wildman–Crippen MR) is 139 cm³/mol. The van der Waals surface area contributed by atoms with Gasteiger partial charge in [0.05, 0.1) is 5.52 Å². The van der Waals surface area contributed by atoms with Gasteiger partial charge < -0.3 is 10.2 Å². The lowest BCUT2D eigenvalue weighted by molar-refractivity contribution is -0.143. The summed E-state index contributed by atoms with van der Waals surface area (Å²) in [6.07, 6.45) is 3.96. The molecule has 0 aliphatic carbocycles. The standard InChI is InChI=1S/C27H29ClN6O2/c1-4-27(2,3)30-26(36)25(19-13-15-29-16-14-19)33(17-20-9-5-6-10-21(20)28)24(35)18-34-23-12-8-7-11-22(23)31-32-34/h5-16,25H,4,17-18H2,1-3H3,(H,30,36)/t25-/m1/s1. The quantitative estimate of drug-likeness (QED) is 0.361. The zero-order valence-electron chi connectivity index (χ0n) is 20.6. The van der Waals surface area contributed by atoms with Crippen molar-refractivity contribution >= 4 is 34.4 Å². The van der Waals surface area contributed by atoms with Crippen molar-refractivity contribution in [2.24, 2.45) is 0 Å². The third kappa shape index (κ3) is 5.71. The van der Waals surface area contributed by atoms with Crippen LogP contribution in [0.3, 0.4) is 0 Å². The Bertz CT molecular complexity index is 1350. The van der Waals surface area contributed by atoms with Crippen LogP contribution in [0.2, 0.25) is 5.02 Å². The van der Waals surface area contributed by atoms with Crippen LogP contribution in [-0.2, 0) is 22.7 Å². The summed E-state index contributed by atoms with van der Waals surface area (Å²) < 4.78 is 1.55. The molecule has 0 bridgehead atoms. The van der Waals surface area contributed by atoms with Gasteiger partial charge in [-0.2, -0.15) is 0 Å². The molecule has 2 aromatic carbocycles. The maximum absolute atomic E-state index is 13.9. The van der Waals surface area contributed by atoms with E-state index < -0.39 is 11.6 Å². The molecule has 1 atom stereocenters. The summed E-state index contributed by atoms with van der Waals surface area (Å²) in [4.78, 5) is 33.3. The molecular formula is C27H29ClN6O2. The van der Waals surface area contributed by atoms with E-state index in [-0.39, 0.29) is 24.9 Å². The van der Waals surface area contributed by atoms with Gasteiger partial charge in [-0.1, -0.05) is 54.1 Å². The Morgan fingerprint density at radius 3 is 2.47 bits per heavy atom. The maximum Gasteiger partial charge on any atom is 0.247 e. The number of para-hydroxylation sites is 1. The number of benzene rings is 2. The Balaban J connectivity index is 1.76. The number of aromatic nitrogens is 4. The number of halogens is 1. The molecule has 0 unspecified atom stereocenters. The van der Waals surface area contributed by atoms with Crippen molar-refractivity contribution < 1.29 is 9.59 Å². The minimum atomic E-state index is -0.905. The van der Waals surface area contributed by atoms with E-state index in [0.717, 1.165) is 17.5 Å². The van der Waals surface area contributed by atoms with E-state index in [1.54, 1.807) is 40.2 Å². The average molecular weight is 505 g/mol. The molecule has 0 saturated heterocycles. The van der Waals surface area contributed by atoms with Gasteiger partial charge in [0.1, 0.15) is 18.1 Å². The first kappa shape index (κ1) is 25.3. The second-order valence-electron chi connectivity index (χ2n) is 9.26. The van der Waals surface area contributed by atoms with Crippen molar-refractivity contribution in [2.75, 3.05) is 0 Å². The van der Waals surface area contributed by atoms with Crippen molar-refractivity contribution in [1.82, 2.24) is 30.2 Å². The number of nitrogens with one attached hydrogen (secondary N) is 1. The van der Waals surface area contributed by atoms with Crippen molar-refractivity contribution in [2.45, 2.75) is 51.9 Å². The monoisotopic (exact) mass is 504 g/mol. The van der Waals surface area contributed by atoms with Gasteiger partial charge in [0.15, 0.2) is 0 Å². The summed E-state index contributed by atoms with van der Waals surface area (Å²) in [5.74, 6) is -0.575. The summed E-state index contributed by atoms with van der Waals surface area (Å²) in [5.41, 5.74) is 2.36. The Morgan fingerprint density at radius 1 is 1.06 bits per heavy atom. The first-order valence-electron chi connectivity index (χ1n) is 11.8. The number of nitrogens with zero attached hydrogens (tertiary/aromatic N) is 5. The SMILES string of the molecule is CCC(C)(C)NC(=O)[C@@H](c1ccncc1)N(Cc1ccccc1Cl)C(=O)Cn1nnc2ccccc21. The van der Waals surface area contributed by atoms with Crippen LogP contribution in [0.15, 0.2) is 73.1 Å². The highest BCUT2D eigenvalue weighted by atomic mass is 35.5. The molecule has 1 N–H and O–H groups in total. The van der Waals surface area contributed by atoms with Crippen LogP contribution >= 0.6 is 11.6 Å². The number of rotatable bonds is 9. The van der Waals surface area contributed by atoms with Crippen molar-refractivity contribution in [1.29, 1.82) is 0 Å². The molecule has 2 aromatic heterocycles. The lowest BCUT2D eigenvalue weighted by atomic mass is 9.98. The van der Waals surface area contributed by atoms with E-state index in [4.69, 9.17) is 11.6 Å². The molecule has 2 heterocycles. The molecule has 0 spiro atoms. The Morgan fingerprint density at radius 2 is 1.75 bits per heavy atom. The molecular weight excluding hydrogens is 476 g/mol. The Hall–Kier alpha value is -3.78. The van der Waals surface area contributed by atoms with Crippen LogP contribution in [0.1, 0.15) is 44.4 Å². The summed E-state index contributed by atoms with van der Waals surface area (Å²) in [6.45, 7) is 5.96. The molecule has 186 valence electrons. The minimum Gasteiger partial charge on any atom is -0.349 e. The van der Waals surface area contributed by atoms with E-state index in [2.05, 4.69) is 20.6 Å². The fourth-order valence-corrected chi connectivity index (χ4v) is 4.09. The van der Waals surface area contributed by atoms with Crippen molar-refractivity contribution in [3.8, 4) is 0 Å². The zero-order valence-corrected chi connectivity index (χ0v) is 21.3. The molecule has 0 aliphatic heterocycles. The number of carbonyl (C=O) groups excluding carboxylic acids is 2. The molecule has 9 heteroatoms. The fourth-order valence-electron chi connectivity index (χ4n) is 3.90. The van der Waals surface area contributed by atoms with Crippen molar-refractivity contribution in [3.63, 3.8) is 0 Å². The number of amides is 2. The number of fused-ring (bicyclic) bond motifs is 1. The first-order valence-corrected chi connectivity index (χ1v) is 12.2. The van der Waals surface area contributed by atoms with Gasteiger partial charge in [-0.15, -0.1) is 5.10 Å². The van der Waals surface area contributed by atoms with Gasteiger partial charge in [-0.05, 0) is 61.7 Å². The fraction of sp³-hybridized carbons (Fsp3) is 0.296. The maximum atomic E-state index is 13.9. The van der Waals surface area contributed by atoms with E-state index in [1.165, 1.54) is 0 Å². The number of hydrogen-bond acceptors (Lipinski definition) is 5. The van der Waals surface area contributed by atoms with Gasteiger partial charge in [0.25, 0.3) is 0 Å². The molecule has 36 heavy (non-hydrogen) atoms. The van der Waals surface area contributed by atoms with Crippen LogP contribution in [0, 0.1) is 0 Å². The van der Waals surface area contributed by atoms with E-state index in [1.807, 2.05) is 63.2 Å². The second-order valence-corrected chi connectivity index (χ2v) is 9.67. The molecule has 0 aliphatic rings. The highest BCUT2D eigenvalue weighted by Gasteiger charge is 2.34. The van der Waals surface area contributed by atoms with E-state index in [0.29, 0.717) is 16.1 Å². The van der Waals surface area contributed by atoms with E-state index in [9.17, 15) is 9.59 Å². The molecule has 0 fully saturated rings. The predicted octanol–water partition coefficient (Wildman–Crippen LogP) is 4.55. The molecule has 0 radical (unpaired) electrons. The summed E-state index contributed by atoms with van der Waals surface area (Å²) in [5, 5.41) is 12.0. The molecule has 4 rings (SSSR count). The topological polar surface area (TPSA) is 93.0 Å². The molecule has 0 saturated carbocycles. The summed E-state index contributed by atoms with van der Waals surface area (Å²) in [7, 11) is 0. The number of hydrogen-bond donors (Lipinski definition) is 1. The molecule has 8 nitrogen and oxygen atoms in total. The lowest BCUT2D eigenvalue weighted by Crippen LogP contribution is -2.50. The van der Waals surface area contributed by atoms with Crippen LogP contribution in [0.5, 0.6) is 0 Å². The summed E-state index contributed by atoms with van der Waals surface area (Å²) in [6, 6.07) is 17.3. The third-order valence-electron chi connectivity index (χ3n) is 6.25. The zero-order chi connectivity index (χ0) is 25.7. The van der Waals surface area contributed by atoms with Crippen molar-refractivity contribution in [3.05, 3.63) is 89.2 Å². The van der Waals surface area contributed by atoms with Gasteiger partial charge in [-0.3, -0.25) is 14.6 Å². The Kier molecular flexibility index (Phi) is 7.64. The number of carbonyl (C=O) groups is 2. The second kappa shape index (κ2) is 10.9. The average Bonchev–Trinajstić information content (AvgIpc) is 3.28. The van der Waals surface area contributed by atoms with Crippen LogP contribution < -0.4 is 5.32 Å². The first-order chi connectivity index (χ1) is 17.3. The van der Waals surface area contributed by atoms with Crippen LogP contribution in [-0.4, -0.2) is 42.2 Å². The lowest BCUT2D eigenvalue weighted by Gasteiger charge is -2.34. The molecule has 4 aromatic rings. The Labute approximate surface area is 215 Å². The smallest absolute Gasteiger partial charge is 0.247 e. The normalized spacial score (nSPS) is 12.3. The minimum absolute atomic E-state index is 0.0863.